The Bertz CT molecular complexity index is 478. The van der Waals surface area contributed by atoms with E-state index in [0.29, 0.717) is 15.8 Å². The predicted octanol–water partition coefficient (Wildman–Crippen LogP) is 2.53. The highest BCUT2D eigenvalue weighted by molar-refractivity contribution is 9.10. The zero-order chi connectivity index (χ0) is 15.3. The van der Waals surface area contributed by atoms with E-state index < -0.39 is 25.2 Å². The molecule has 0 aliphatic heterocycles. The van der Waals surface area contributed by atoms with E-state index in [-0.39, 0.29) is 6.04 Å². The number of nitrogens with one attached hydrogen (secondary N) is 1. The zero-order valence-corrected chi connectivity index (χ0v) is 12.2. The number of rotatable bonds is 5. The van der Waals surface area contributed by atoms with Crippen molar-refractivity contribution in [2.75, 3.05) is 13.2 Å². The molecule has 0 bridgehead atoms. The van der Waals surface area contributed by atoms with Crippen molar-refractivity contribution in [2.45, 2.75) is 19.1 Å². The van der Waals surface area contributed by atoms with Crippen molar-refractivity contribution in [3.8, 4) is 5.75 Å². The molecule has 0 aliphatic rings. The molecule has 20 heavy (non-hydrogen) atoms. The van der Waals surface area contributed by atoms with Gasteiger partial charge in [-0.3, -0.25) is 4.79 Å². The van der Waals surface area contributed by atoms with Crippen molar-refractivity contribution in [2.24, 2.45) is 5.73 Å². The summed E-state index contributed by atoms with van der Waals surface area (Å²) in [6.07, 6.45) is -4.44. The standard InChI is InChI=1S/C12H14BrF3N2O2/c1-7(17)9-3-2-8(13)4-10(9)20-5-11(19)18-6-12(14,15)16/h2-4,7H,5-6,17H2,1H3,(H,18,19). The summed E-state index contributed by atoms with van der Waals surface area (Å²) in [7, 11) is 0. The van der Waals surface area contributed by atoms with Gasteiger partial charge in [0.15, 0.2) is 6.61 Å². The lowest BCUT2D eigenvalue weighted by Gasteiger charge is -2.14. The number of carbonyl (C=O) groups excluding carboxylic acids is 1. The number of alkyl halides is 3. The molecule has 4 nitrogen and oxygen atoms in total. The Morgan fingerprint density at radius 3 is 2.70 bits per heavy atom. The molecule has 112 valence electrons. The predicted molar refractivity (Wildman–Crippen MR) is 71.3 cm³/mol. The van der Waals surface area contributed by atoms with Crippen LogP contribution in [0.3, 0.4) is 0 Å². The topological polar surface area (TPSA) is 64.3 Å². The van der Waals surface area contributed by atoms with Crippen LogP contribution in [-0.2, 0) is 4.79 Å². The summed E-state index contributed by atoms with van der Waals surface area (Å²) in [4.78, 5) is 11.3. The van der Waals surface area contributed by atoms with Crippen molar-refractivity contribution in [1.82, 2.24) is 5.32 Å². The van der Waals surface area contributed by atoms with Crippen LogP contribution in [0.4, 0.5) is 13.2 Å². The minimum absolute atomic E-state index is 0.323. The fraction of sp³-hybridized carbons (Fsp3) is 0.417. The minimum Gasteiger partial charge on any atom is -0.483 e. The van der Waals surface area contributed by atoms with Gasteiger partial charge in [0.1, 0.15) is 12.3 Å². The van der Waals surface area contributed by atoms with Gasteiger partial charge < -0.3 is 15.8 Å². The van der Waals surface area contributed by atoms with Crippen molar-refractivity contribution >= 4 is 21.8 Å². The van der Waals surface area contributed by atoms with Crippen LogP contribution in [0.2, 0.25) is 0 Å². The lowest BCUT2D eigenvalue weighted by Crippen LogP contribution is -2.36. The number of nitrogens with two attached hydrogens (primary N) is 1. The van der Waals surface area contributed by atoms with Gasteiger partial charge in [-0.15, -0.1) is 0 Å². The van der Waals surface area contributed by atoms with Crippen molar-refractivity contribution in [3.05, 3.63) is 28.2 Å². The van der Waals surface area contributed by atoms with E-state index in [0.717, 1.165) is 0 Å². The third-order valence-electron chi connectivity index (χ3n) is 2.31. The van der Waals surface area contributed by atoms with Gasteiger partial charge in [0.25, 0.3) is 5.91 Å². The number of carbonyl (C=O) groups is 1. The van der Waals surface area contributed by atoms with Gasteiger partial charge in [-0.05, 0) is 19.1 Å². The summed E-state index contributed by atoms with van der Waals surface area (Å²) in [5, 5.41) is 1.72. The molecule has 1 amide bonds. The van der Waals surface area contributed by atoms with Crippen LogP contribution >= 0.6 is 15.9 Å². The van der Waals surface area contributed by atoms with Gasteiger partial charge in [-0.25, -0.2) is 0 Å². The molecule has 1 rings (SSSR count). The third-order valence-corrected chi connectivity index (χ3v) is 2.80. The summed E-state index contributed by atoms with van der Waals surface area (Å²) in [5.41, 5.74) is 6.41. The van der Waals surface area contributed by atoms with E-state index in [4.69, 9.17) is 10.5 Å². The molecule has 1 atom stereocenters. The van der Waals surface area contributed by atoms with E-state index in [1.807, 2.05) is 0 Å². The molecule has 1 unspecified atom stereocenters. The molecule has 0 heterocycles. The van der Waals surface area contributed by atoms with Crippen molar-refractivity contribution in [1.29, 1.82) is 0 Å². The van der Waals surface area contributed by atoms with Crippen LogP contribution in [-0.4, -0.2) is 25.2 Å². The van der Waals surface area contributed by atoms with Gasteiger partial charge in [0.05, 0.1) is 0 Å². The molecule has 0 fully saturated rings. The third kappa shape index (κ3) is 5.79. The van der Waals surface area contributed by atoms with E-state index in [2.05, 4.69) is 15.9 Å². The summed E-state index contributed by atoms with van der Waals surface area (Å²) < 4.78 is 41.7. The first-order valence-corrected chi connectivity index (χ1v) is 6.49. The lowest BCUT2D eigenvalue weighted by atomic mass is 10.1. The Morgan fingerprint density at radius 2 is 2.15 bits per heavy atom. The molecule has 0 spiro atoms. The zero-order valence-electron chi connectivity index (χ0n) is 10.6. The van der Waals surface area contributed by atoms with Gasteiger partial charge in [-0.2, -0.15) is 13.2 Å². The Balaban J connectivity index is 2.61. The van der Waals surface area contributed by atoms with Crippen LogP contribution in [0.15, 0.2) is 22.7 Å². The molecular formula is C12H14BrF3N2O2. The molecule has 8 heteroatoms. The Labute approximate surface area is 122 Å². The number of hydrogen-bond acceptors (Lipinski definition) is 3. The first-order chi connectivity index (χ1) is 9.19. The van der Waals surface area contributed by atoms with E-state index in [1.165, 1.54) is 0 Å². The largest absolute Gasteiger partial charge is 0.483 e. The summed E-state index contributed by atoms with van der Waals surface area (Å²) >= 11 is 3.24. The average molecular weight is 355 g/mol. The van der Waals surface area contributed by atoms with E-state index in [9.17, 15) is 18.0 Å². The van der Waals surface area contributed by atoms with Gasteiger partial charge in [0.2, 0.25) is 0 Å². The normalized spacial score (nSPS) is 12.9. The molecule has 0 saturated carbocycles. The summed E-state index contributed by atoms with van der Waals surface area (Å²) in [6.45, 7) is -0.153. The number of hydrogen-bond donors (Lipinski definition) is 2. The average Bonchev–Trinajstić information content (AvgIpc) is 2.32. The molecule has 0 aromatic heterocycles. The maximum Gasteiger partial charge on any atom is 0.405 e. The van der Waals surface area contributed by atoms with Gasteiger partial charge in [-0.1, -0.05) is 22.0 Å². The molecule has 0 radical (unpaired) electrons. The molecule has 1 aromatic carbocycles. The molecular weight excluding hydrogens is 341 g/mol. The first kappa shape index (κ1) is 16.8. The molecule has 0 aliphatic carbocycles. The fourth-order valence-corrected chi connectivity index (χ4v) is 1.74. The second-order valence-electron chi connectivity index (χ2n) is 4.15. The number of amides is 1. The molecule has 1 aromatic rings. The maximum absolute atomic E-state index is 11.9. The second kappa shape index (κ2) is 6.94. The van der Waals surface area contributed by atoms with E-state index in [1.54, 1.807) is 30.4 Å². The van der Waals surface area contributed by atoms with Crippen LogP contribution in [0.25, 0.3) is 0 Å². The highest BCUT2D eigenvalue weighted by Crippen LogP contribution is 2.27. The number of ether oxygens (including phenoxy) is 1. The van der Waals surface area contributed by atoms with Gasteiger partial charge in [0, 0.05) is 16.1 Å². The van der Waals surface area contributed by atoms with Crippen LogP contribution in [0, 0.1) is 0 Å². The maximum atomic E-state index is 11.9. The molecule has 0 saturated heterocycles. The molecule has 3 N–H and O–H groups in total. The van der Waals surface area contributed by atoms with Crippen LogP contribution in [0.5, 0.6) is 5.75 Å². The smallest absolute Gasteiger partial charge is 0.405 e. The van der Waals surface area contributed by atoms with Crippen molar-refractivity contribution < 1.29 is 22.7 Å². The lowest BCUT2D eigenvalue weighted by molar-refractivity contribution is -0.139. The fourth-order valence-electron chi connectivity index (χ4n) is 1.40. The Morgan fingerprint density at radius 1 is 1.50 bits per heavy atom. The number of halogens is 4. The first-order valence-electron chi connectivity index (χ1n) is 5.70. The highest BCUT2D eigenvalue weighted by Gasteiger charge is 2.27. The summed E-state index contributed by atoms with van der Waals surface area (Å²) in [5.74, 6) is -0.491. The van der Waals surface area contributed by atoms with Crippen molar-refractivity contribution in [3.63, 3.8) is 0 Å². The monoisotopic (exact) mass is 354 g/mol. The quantitative estimate of drug-likeness (QED) is 0.853. The summed E-state index contributed by atoms with van der Waals surface area (Å²) in [6, 6.07) is 4.76. The van der Waals surface area contributed by atoms with Gasteiger partial charge >= 0.3 is 6.18 Å². The van der Waals surface area contributed by atoms with Crippen LogP contribution in [0.1, 0.15) is 18.5 Å². The highest BCUT2D eigenvalue weighted by atomic mass is 79.9. The Hall–Kier alpha value is -1.28. The minimum atomic E-state index is -4.44. The SMILES string of the molecule is CC(N)c1ccc(Br)cc1OCC(=O)NCC(F)(F)F. The van der Waals surface area contributed by atoms with Crippen LogP contribution < -0.4 is 15.8 Å². The number of benzene rings is 1. The Kier molecular flexibility index (Phi) is 5.82. The second-order valence-corrected chi connectivity index (χ2v) is 5.07. The van der Waals surface area contributed by atoms with E-state index >= 15 is 0 Å².